The average molecular weight is 318 g/mol. The molecule has 2 rings (SSSR count). The van der Waals surface area contributed by atoms with Crippen molar-refractivity contribution in [3.63, 3.8) is 0 Å². The van der Waals surface area contributed by atoms with Gasteiger partial charge < -0.3 is 5.32 Å². The molecule has 1 N–H and O–H groups in total. The molecule has 0 saturated heterocycles. The number of halogens is 1. The molecule has 7 heteroatoms. The van der Waals surface area contributed by atoms with Crippen LogP contribution in [0.15, 0.2) is 24.3 Å². The van der Waals surface area contributed by atoms with E-state index >= 15 is 0 Å². The van der Waals surface area contributed by atoms with Crippen molar-refractivity contribution in [1.29, 1.82) is 5.26 Å². The minimum Gasteiger partial charge on any atom is -0.308 e. The molecule has 22 heavy (non-hydrogen) atoms. The van der Waals surface area contributed by atoms with E-state index in [1.807, 2.05) is 24.3 Å². The molecule has 114 valence electrons. The van der Waals surface area contributed by atoms with Crippen molar-refractivity contribution in [3.05, 3.63) is 40.5 Å². The molecule has 0 atom stereocenters. The van der Waals surface area contributed by atoms with Gasteiger partial charge in [0.05, 0.1) is 6.54 Å². The molecule has 0 radical (unpaired) electrons. The highest BCUT2D eigenvalue weighted by molar-refractivity contribution is 6.31. The third kappa shape index (κ3) is 3.43. The van der Waals surface area contributed by atoms with E-state index in [-0.39, 0.29) is 17.4 Å². The number of aromatic nitrogens is 3. The zero-order valence-electron chi connectivity index (χ0n) is 12.6. The summed E-state index contributed by atoms with van der Waals surface area (Å²) in [5, 5.41) is 20.2. The SMILES string of the molecule is CC(C)(C)C(=O)Nc1c(C#N)nnn1Cc1ccccc1Cl. The quantitative estimate of drug-likeness (QED) is 0.943. The highest BCUT2D eigenvalue weighted by Gasteiger charge is 2.25. The van der Waals surface area contributed by atoms with Gasteiger partial charge in [-0.05, 0) is 11.6 Å². The summed E-state index contributed by atoms with van der Waals surface area (Å²) in [5.74, 6) is 0.0639. The van der Waals surface area contributed by atoms with Gasteiger partial charge in [-0.1, -0.05) is 55.8 Å². The van der Waals surface area contributed by atoms with Crippen LogP contribution in [0, 0.1) is 16.7 Å². The van der Waals surface area contributed by atoms with Gasteiger partial charge in [-0.3, -0.25) is 4.79 Å². The van der Waals surface area contributed by atoms with Crippen LogP contribution >= 0.6 is 11.6 Å². The lowest BCUT2D eigenvalue weighted by Gasteiger charge is -2.18. The van der Waals surface area contributed by atoms with Crippen molar-refractivity contribution >= 4 is 23.3 Å². The Kier molecular flexibility index (Phi) is 4.48. The van der Waals surface area contributed by atoms with Crippen LogP contribution in [0.4, 0.5) is 5.82 Å². The van der Waals surface area contributed by atoms with Gasteiger partial charge >= 0.3 is 0 Å². The molecule has 0 aliphatic heterocycles. The molecule has 6 nitrogen and oxygen atoms in total. The highest BCUT2D eigenvalue weighted by atomic mass is 35.5. The first-order valence-corrected chi connectivity index (χ1v) is 7.09. The van der Waals surface area contributed by atoms with E-state index in [0.29, 0.717) is 11.6 Å². The minimum absolute atomic E-state index is 0.0738. The minimum atomic E-state index is -0.591. The van der Waals surface area contributed by atoms with Gasteiger partial charge in [0.2, 0.25) is 11.6 Å². The normalized spacial score (nSPS) is 11.0. The molecule has 0 aliphatic rings. The molecular formula is C15H16ClN5O. The van der Waals surface area contributed by atoms with E-state index in [9.17, 15) is 4.79 Å². The Balaban J connectivity index is 2.34. The lowest BCUT2D eigenvalue weighted by atomic mass is 9.96. The fourth-order valence-corrected chi connectivity index (χ4v) is 1.90. The second-order valence-electron chi connectivity index (χ2n) is 5.85. The monoisotopic (exact) mass is 317 g/mol. The van der Waals surface area contributed by atoms with Crippen LogP contribution in [-0.2, 0) is 11.3 Å². The van der Waals surface area contributed by atoms with Crippen LogP contribution in [-0.4, -0.2) is 20.9 Å². The number of carbonyl (C=O) groups is 1. The van der Waals surface area contributed by atoms with E-state index in [2.05, 4.69) is 15.6 Å². The number of nitriles is 1. The van der Waals surface area contributed by atoms with Gasteiger partial charge in [-0.25, -0.2) is 4.68 Å². The molecule has 0 bridgehead atoms. The van der Waals surface area contributed by atoms with Gasteiger partial charge in [0.1, 0.15) is 6.07 Å². The number of rotatable bonds is 3. The number of amides is 1. The Labute approximate surface area is 133 Å². The summed E-state index contributed by atoms with van der Waals surface area (Å²) in [6, 6.07) is 9.24. The number of benzene rings is 1. The Bertz CT molecular complexity index is 739. The molecular weight excluding hydrogens is 302 g/mol. The average Bonchev–Trinajstić information content (AvgIpc) is 2.82. The predicted molar refractivity (Wildman–Crippen MR) is 83.4 cm³/mol. The first kappa shape index (κ1) is 16.0. The zero-order chi connectivity index (χ0) is 16.3. The number of hydrogen-bond donors (Lipinski definition) is 1. The molecule has 0 spiro atoms. The molecule has 0 aliphatic carbocycles. The molecule has 1 amide bonds. The first-order chi connectivity index (χ1) is 10.3. The summed E-state index contributed by atoms with van der Waals surface area (Å²) < 4.78 is 1.46. The van der Waals surface area contributed by atoms with Gasteiger partial charge in [0.15, 0.2) is 5.82 Å². The van der Waals surface area contributed by atoms with Gasteiger partial charge in [-0.2, -0.15) is 5.26 Å². The molecule has 1 aromatic heterocycles. The lowest BCUT2D eigenvalue weighted by Crippen LogP contribution is -2.29. The standard InChI is InChI=1S/C15H16ClN5O/c1-15(2,3)14(22)18-13-12(8-17)19-20-21(13)9-10-6-4-5-7-11(10)16/h4-7H,9H2,1-3H3,(H,18,22). The maximum Gasteiger partial charge on any atom is 0.230 e. The van der Waals surface area contributed by atoms with Crippen LogP contribution in [0.1, 0.15) is 32.0 Å². The third-order valence-electron chi connectivity index (χ3n) is 3.03. The summed E-state index contributed by atoms with van der Waals surface area (Å²) in [4.78, 5) is 12.2. The largest absolute Gasteiger partial charge is 0.308 e. The summed E-state index contributed by atoms with van der Waals surface area (Å²) >= 11 is 6.13. The molecule has 0 saturated carbocycles. The highest BCUT2D eigenvalue weighted by Crippen LogP contribution is 2.22. The molecule has 2 aromatic rings. The fraction of sp³-hybridized carbons (Fsp3) is 0.333. The van der Waals surface area contributed by atoms with Crippen molar-refractivity contribution in [2.24, 2.45) is 5.41 Å². The van der Waals surface area contributed by atoms with Crippen LogP contribution in [0.2, 0.25) is 5.02 Å². The number of carbonyl (C=O) groups excluding carboxylic acids is 1. The zero-order valence-corrected chi connectivity index (χ0v) is 13.3. The maximum atomic E-state index is 12.2. The van der Waals surface area contributed by atoms with Crippen LogP contribution in [0.3, 0.4) is 0 Å². The van der Waals surface area contributed by atoms with Crippen LogP contribution < -0.4 is 5.32 Å². The summed E-state index contributed by atoms with van der Waals surface area (Å²) in [5.41, 5.74) is 0.307. The summed E-state index contributed by atoms with van der Waals surface area (Å²) in [7, 11) is 0. The molecule has 0 fully saturated rings. The van der Waals surface area contributed by atoms with Crippen molar-refractivity contribution in [2.45, 2.75) is 27.3 Å². The molecule has 1 heterocycles. The molecule has 1 aromatic carbocycles. The second kappa shape index (κ2) is 6.16. The lowest BCUT2D eigenvalue weighted by molar-refractivity contribution is -0.123. The van der Waals surface area contributed by atoms with E-state index in [1.165, 1.54) is 4.68 Å². The van der Waals surface area contributed by atoms with Crippen molar-refractivity contribution < 1.29 is 4.79 Å². The second-order valence-corrected chi connectivity index (χ2v) is 6.26. The predicted octanol–water partition coefficient (Wildman–Crippen LogP) is 2.84. The fourth-order valence-electron chi connectivity index (χ4n) is 1.71. The topological polar surface area (TPSA) is 83.6 Å². The number of nitrogens with one attached hydrogen (secondary N) is 1. The van der Waals surface area contributed by atoms with Crippen molar-refractivity contribution in [3.8, 4) is 6.07 Å². The van der Waals surface area contributed by atoms with Crippen LogP contribution in [0.25, 0.3) is 0 Å². The first-order valence-electron chi connectivity index (χ1n) is 6.71. The van der Waals surface area contributed by atoms with E-state index in [0.717, 1.165) is 5.56 Å². The van der Waals surface area contributed by atoms with Crippen molar-refractivity contribution in [1.82, 2.24) is 15.0 Å². The number of nitrogens with zero attached hydrogens (tertiary/aromatic N) is 4. The third-order valence-corrected chi connectivity index (χ3v) is 3.40. The van der Waals surface area contributed by atoms with Gasteiger partial charge in [0, 0.05) is 10.4 Å². The van der Waals surface area contributed by atoms with E-state index in [4.69, 9.17) is 16.9 Å². The number of hydrogen-bond acceptors (Lipinski definition) is 4. The molecule has 0 unspecified atom stereocenters. The van der Waals surface area contributed by atoms with Crippen molar-refractivity contribution in [2.75, 3.05) is 5.32 Å². The Morgan fingerprint density at radius 2 is 2.09 bits per heavy atom. The van der Waals surface area contributed by atoms with Crippen LogP contribution in [0.5, 0.6) is 0 Å². The Morgan fingerprint density at radius 3 is 2.68 bits per heavy atom. The van der Waals surface area contributed by atoms with Gasteiger partial charge in [0.25, 0.3) is 0 Å². The Morgan fingerprint density at radius 1 is 1.41 bits per heavy atom. The Hall–Kier alpha value is -2.39. The summed E-state index contributed by atoms with van der Waals surface area (Å²) in [6.45, 7) is 5.68. The summed E-state index contributed by atoms with van der Waals surface area (Å²) in [6.07, 6.45) is 0. The van der Waals surface area contributed by atoms with Gasteiger partial charge in [-0.15, -0.1) is 5.10 Å². The van der Waals surface area contributed by atoms with E-state index in [1.54, 1.807) is 26.8 Å². The number of anilines is 1. The smallest absolute Gasteiger partial charge is 0.230 e. The van der Waals surface area contributed by atoms with E-state index < -0.39 is 5.41 Å². The maximum absolute atomic E-state index is 12.2.